The maximum Gasteiger partial charge on any atom is 0.0484 e. The topological polar surface area (TPSA) is 21.3 Å². The van der Waals surface area contributed by atoms with E-state index in [-0.39, 0.29) is 5.54 Å². The average Bonchev–Trinajstić information content (AvgIpc) is 2.26. The molecule has 1 N–H and O–H groups in total. The molecule has 0 bridgehead atoms. The van der Waals surface area contributed by atoms with Crippen LogP contribution < -0.4 is 5.32 Å². The van der Waals surface area contributed by atoms with Gasteiger partial charge in [0.15, 0.2) is 0 Å². The molecule has 14 heavy (non-hydrogen) atoms. The summed E-state index contributed by atoms with van der Waals surface area (Å²) in [6.07, 6.45) is 2.10. The van der Waals surface area contributed by atoms with Crippen molar-refractivity contribution in [1.29, 1.82) is 0 Å². The summed E-state index contributed by atoms with van der Waals surface area (Å²) in [5.74, 6) is 3.07. The highest BCUT2D eigenvalue weighted by Gasteiger charge is 2.30. The van der Waals surface area contributed by atoms with Gasteiger partial charge in [-0.1, -0.05) is 6.92 Å². The van der Waals surface area contributed by atoms with E-state index in [1.54, 1.807) is 0 Å². The maximum atomic E-state index is 6.03. The zero-order chi connectivity index (χ0) is 10.3. The summed E-state index contributed by atoms with van der Waals surface area (Å²) in [7, 11) is 0. The first-order valence-electron chi connectivity index (χ1n) is 5.29. The molecule has 0 amide bonds. The van der Waals surface area contributed by atoms with Crippen molar-refractivity contribution in [3.05, 3.63) is 0 Å². The van der Waals surface area contributed by atoms with Crippen molar-refractivity contribution in [2.45, 2.75) is 25.3 Å². The van der Waals surface area contributed by atoms with Gasteiger partial charge in [-0.25, -0.2) is 0 Å². The smallest absolute Gasteiger partial charge is 0.0484 e. The zero-order valence-corrected chi connectivity index (χ0v) is 10.4. The molecule has 1 fully saturated rings. The van der Waals surface area contributed by atoms with E-state index in [2.05, 4.69) is 12.2 Å². The average molecular weight is 238 g/mol. The summed E-state index contributed by atoms with van der Waals surface area (Å²) < 4.78 is 5.35. The standard InChI is InChI=1S/C10H20ClNOS/c1-2-14-8-5-12-10(9-11)3-6-13-7-4-10/h12H,2-9H2,1H3. The third-order valence-electron chi connectivity index (χ3n) is 2.66. The van der Waals surface area contributed by atoms with Crippen molar-refractivity contribution in [3.8, 4) is 0 Å². The third kappa shape index (κ3) is 3.97. The van der Waals surface area contributed by atoms with Crippen molar-refractivity contribution in [3.63, 3.8) is 0 Å². The van der Waals surface area contributed by atoms with Crippen LogP contribution in [-0.4, -0.2) is 42.7 Å². The Morgan fingerprint density at radius 1 is 1.43 bits per heavy atom. The predicted octanol–water partition coefficient (Wildman–Crippen LogP) is 2.12. The summed E-state index contributed by atoms with van der Waals surface area (Å²) in [5.41, 5.74) is 0.147. The van der Waals surface area contributed by atoms with E-state index in [0.717, 1.165) is 32.6 Å². The van der Waals surface area contributed by atoms with E-state index in [1.807, 2.05) is 11.8 Å². The van der Waals surface area contributed by atoms with Gasteiger partial charge in [0.25, 0.3) is 0 Å². The molecule has 2 nitrogen and oxygen atoms in total. The van der Waals surface area contributed by atoms with Crippen LogP contribution in [0.15, 0.2) is 0 Å². The van der Waals surface area contributed by atoms with Crippen LogP contribution in [0.2, 0.25) is 0 Å². The second-order valence-electron chi connectivity index (χ2n) is 3.65. The Morgan fingerprint density at radius 2 is 2.14 bits per heavy atom. The number of ether oxygens (including phenoxy) is 1. The van der Waals surface area contributed by atoms with Gasteiger partial charge in [0.2, 0.25) is 0 Å². The Kier molecular flexibility index (Phi) is 6.26. The second kappa shape index (κ2) is 6.94. The highest BCUT2D eigenvalue weighted by molar-refractivity contribution is 7.99. The predicted molar refractivity (Wildman–Crippen MR) is 64.5 cm³/mol. The Hall–Kier alpha value is 0.560. The first kappa shape index (κ1) is 12.6. The van der Waals surface area contributed by atoms with Crippen molar-refractivity contribution in [2.24, 2.45) is 0 Å². The first-order chi connectivity index (χ1) is 6.83. The molecule has 0 aliphatic carbocycles. The van der Waals surface area contributed by atoms with E-state index in [0.29, 0.717) is 5.88 Å². The van der Waals surface area contributed by atoms with E-state index >= 15 is 0 Å². The van der Waals surface area contributed by atoms with Crippen molar-refractivity contribution < 1.29 is 4.74 Å². The van der Waals surface area contributed by atoms with Crippen molar-refractivity contribution in [1.82, 2.24) is 5.32 Å². The lowest BCUT2D eigenvalue weighted by Gasteiger charge is -2.36. The maximum absolute atomic E-state index is 6.03. The van der Waals surface area contributed by atoms with Crippen LogP contribution >= 0.6 is 23.4 Å². The van der Waals surface area contributed by atoms with Gasteiger partial charge in [-0.3, -0.25) is 0 Å². The number of nitrogens with one attached hydrogen (secondary N) is 1. The molecule has 1 aliphatic heterocycles. The summed E-state index contributed by atoms with van der Waals surface area (Å²) in [4.78, 5) is 0. The molecule has 0 atom stereocenters. The highest BCUT2D eigenvalue weighted by atomic mass is 35.5. The van der Waals surface area contributed by atoms with Gasteiger partial charge in [0.1, 0.15) is 0 Å². The Labute approximate surface area is 96.1 Å². The molecule has 1 rings (SSSR count). The minimum Gasteiger partial charge on any atom is -0.381 e. The van der Waals surface area contributed by atoms with Gasteiger partial charge in [-0.2, -0.15) is 11.8 Å². The van der Waals surface area contributed by atoms with E-state index in [4.69, 9.17) is 16.3 Å². The van der Waals surface area contributed by atoms with E-state index in [9.17, 15) is 0 Å². The van der Waals surface area contributed by atoms with Gasteiger partial charge in [0, 0.05) is 36.9 Å². The number of rotatable bonds is 6. The minimum absolute atomic E-state index is 0.147. The van der Waals surface area contributed by atoms with Gasteiger partial charge >= 0.3 is 0 Å². The van der Waals surface area contributed by atoms with Crippen LogP contribution in [0.5, 0.6) is 0 Å². The number of halogens is 1. The van der Waals surface area contributed by atoms with Crippen LogP contribution in [0.25, 0.3) is 0 Å². The molecule has 0 aromatic carbocycles. The molecule has 0 aromatic rings. The fourth-order valence-corrected chi connectivity index (χ4v) is 2.55. The number of hydrogen-bond acceptors (Lipinski definition) is 3. The monoisotopic (exact) mass is 237 g/mol. The molecular formula is C10H20ClNOS. The van der Waals surface area contributed by atoms with Gasteiger partial charge in [0.05, 0.1) is 0 Å². The van der Waals surface area contributed by atoms with Crippen LogP contribution in [0.1, 0.15) is 19.8 Å². The lowest BCUT2D eigenvalue weighted by Crippen LogP contribution is -2.51. The van der Waals surface area contributed by atoms with Crippen LogP contribution in [0.4, 0.5) is 0 Å². The van der Waals surface area contributed by atoms with Crippen molar-refractivity contribution >= 4 is 23.4 Å². The Morgan fingerprint density at radius 3 is 2.71 bits per heavy atom. The molecular weight excluding hydrogens is 218 g/mol. The number of thioether (sulfide) groups is 1. The van der Waals surface area contributed by atoms with Gasteiger partial charge in [-0.15, -0.1) is 11.6 Å². The quantitative estimate of drug-likeness (QED) is 0.565. The summed E-state index contributed by atoms with van der Waals surface area (Å²) in [6, 6.07) is 0. The molecule has 0 spiro atoms. The van der Waals surface area contributed by atoms with Crippen LogP contribution in [0.3, 0.4) is 0 Å². The normalized spacial score (nSPS) is 21.0. The summed E-state index contributed by atoms with van der Waals surface area (Å²) >= 11 is 7.99. The lowest BCUT2D eigenvalue weighted by molar-refractivity contribution is 0.0474. The summed E-state index contributed by atoms with van der Waals surface area (Å²) in [5, 5.41) is 3.59. The molecule has 4 heteroatoms. The molecule has 0 saturated carbocycles. The molecule has 1 heterocycles. The lowest BCUT2D eigenvalue weighted by atomic mass is 9.92. The van der Waals surface area contributed by atoms with Crippen molar-refractivity contribution in [2.75, 3.05) is 37.1 Å². The highest BCUT2D eigenvalue weighted by Crippen LogP contribution is 2.22. The SMILES string of the molecule is CCSCCNC1(CCl)CCOCC1. The molecule has 1 saturated heterocycles. The van der Waals surface area contributed by atoms with Crippen LogP contribution in [0, 0.1) is 0 Å². The number of alkyl halides is 1. The Balaban J connectivity index is 2.22. The van der Waals surface area contributed by atoms with E-state index < -0.39 is 0 Å². The van der Waals surface area contributed by atoms with Gasteiger partial charge < -0.3 is 10.1 Å². The molecule has 0 unspecified atom stereocenters. The molecule has 1 aliphatic rings. The number of hydrogen-bond donors (Lipinski definition) is 1. The molecule has 0 radical (unpaired) electrons. The summed E-state index contributed by atoms with van der Waals surface area (Å²) in [6.45, 7) is 4.95. The fourth-order valence-electron chi connectivity index (χ4n) is 1.65. The minimum atomic E-state index is 0.147. The Bertz CT molecular complexity index is 151. The first-order valence-corrected chi connectivity index (χ1v) is 6.98. The second-order valence-corrected chi connectivity index (χ2v) is 5.31. The fraction of sp³-hybridized carbons (Fsp3) is 1.00. The molecule has 84 valence electrons. The van der Waals surface area contributed by atoms with Gasteiger partial charge in [-0.05, 0) is 18.6 Å². The third-order valence-corrected chi connectivity index (χ3v) is 4.07. The zero-order valence-electron chi connectivity index (χ0n) is 8.85. The largest absolute Gasteiger partial charge is 0.381 e. The molecule has 0 aromatic heterocycles. The van der Waals surface area contributed by atoms with Crippen LogP contribution in [-0.2, 0) is 4.74 Å². The van der Waals surface area contributed by atoms with E-state index in [1.165, 1.54) is 11.5 Å².